The molecule has 0 atom stereocenters. The first kappa shape index (κ1) is 30.6. The van der Waals surface area contributed by atoms with Crippen LogP contribution in [0.25, 0.3) is 6.08 Å². The second-order valence-electron chi connectivity index (χ2n) is 13.7. The number of carbonyl (C=O) groups excluding carboxylic acids is 1. The Morgan fingerprint density at radius 2 is 1.53 bits per heavy atom. The summed E-state index contributed by atoms with van der Waals surface area (Å²) in [6, 6.07) is 4.30. The van der Waals surface area contributed by atoms with E-state index in [9.17, 15) is 9.90 Å². The molecule has 2 nitrogen and oxygen atoms in total. The number of carbonyl (C=O) groups is 1. The van der Waals surface area contributed by atoms with Crippen LogP contribution in [0.1, 0.15) is 110 Å². The molecule has 1 aliphatic heterocycles. The Labute approximate surface area is 239 Å². The monoisotopic (exact) mass is 550 g/mol. The van der Waals surface area contributed by atoms with Crippen molar-refractivity contribution < 1.29 is 9.90 Å². The fourth-order valence-electron chi connectivity index (χ4n) is 4.21. The van der Waals surface area contributed by atoms with Crippen molar-refractivity contribution in [2.75, 3.05) is 0 Å². The SMILES string of the molecule is CC(C)C1=CC(=CC2=C([O-])C(=Cc3cc(CCC(C)(C)C)[s+]c(C(C)C)c3)C2=O)C=C(CCC(C)(C)C)S1. The van der Waals surface area contributed by atoms with E-state index in [-0.39, 0.29) is 22.4 Å². The van der Waals surface area contributed by atoms with E-state index in [2.05, 4.69) is 93.5 Å². The van der Waals surface area contributed by atoms with Crippen molar-refractivity contribution in [3.05, 3.63) is 78.0 Å². The van der Waals surface area contributed by atoms with Gasteiger partial charge in [-0.1, -0.05) is 86.8 Å². The van der Waals surface area contributed by atoms with Crippen molar-refractivity contribution >= 4 is 35.0 Å². The topological polar surface area (TPSA) is 40.1 Å². The maximum absolute atomic E-state index is 13.2. The fraction of sp³-hybridized carbons (Fsp3) is 0.529. The van der Waals surface area contributed by atoms with Gasteiger partial charge in [-0.05, 0) is 81.3 Å². The minimum absolute atomic E-state index is 0.139. The van der Waals surface area contributed by atoms with Crippen LogP contribution in [0, 0.1) is 16.7 Å². The van der Waals surface area contributed by atoms with Gasteiger partial charge in [0, 0.05) is 35.6 Å². The molecule has 1 aromatic heterocycles. The number of rotatable bonds is 8. The van der Waals surface area contributed by atoms with Crippen molar-refractivity contribution in [2.24, 2.45) is 16.7 Å². The molecule has 0 amide bonds. The summed E-state index contributed by atoms with van der Waals surface area (Å²) in [5, 5.41) is 13.2. The Balaban J connectivity index is 1.92. The van der Waals surface area contributed by atoms with Crippen LogP contribution in [0.5, 0.6) is 0 Å². The summed E-state index contributed by atoms with van der Waals surface area (Å²) in [5.41, 5.74) is 3.05. The van der Waals surface area contributed by atoms with E-state index in [1.165, 1.54) is 19.6 Å². The maximum Gasteiger partial charge on any atom is 0.218 e. The number of thioether (sulfide) groups is 1. The van der Waals surface area contributed by atoms with Gasteiger partial charge in [-0.25, -0.2) is 0 Å². The predicted molar refractivity (Wildman–Crippen MR) is 166 cm³/mol. The van der Waals surface area contributed by atoms with Crippen molar-refractivity contribution in [3.63, 3.8) is 0 Å². The van der Waals surface area contributed by atoms with Gasteiger partial charge in [0.15, 0.2) is 5.78 Å². The van der Waals surface area contributed by atoms with Gasteiger partial charge in [-0.2, -0.15) is 0 Å². The van der Waals surface area contributed by atoms with E-state index in [0.29, 0.717) is 23.0 Å². The quantitative estimate of drug-likeness (QED) is 0.239. The largest absolute Gasteiger partial charge is 0.871 e. The molecule has 1 aromatic rings. The lowest BCUT2D eigenvalue weighted by atomic mass is 9.85. The summed E-state index contributed by atoms with van der Waals surface area (Å²) < 4.78 is 0. The number of ketones is 1. The molecule has 0 N–H and O–H groups in total. The zero-order valence-electron chi connectivity index (χ0n) is 25.1. The molecule has 0 spiro atoms. The van der Waals surface area contributed by atoms with Crippen LogP contribution in [-0.4, -0.2) is 5.78 Å². The highest BCUT2D eigenvalue weighted by molar-refractivity contribution is 8.06. The minimum atomic E-state index is -0.139. The standard InChI is InChI=1S/C34H46O2S2/c1-21(2)29-19-23(15-25(37-29)11-13-33(5,6)7)17-27-31(35)28(32(27)36)18-24-16-26(12-14-34(8,9)10)38-30(20-24)22(3)4/h15-22H,11-14H2,1-10H3. The highest BCUT2D eigenvalue weighted by atomic mass is 32.2. The summed E-state index contributed by atoms with van der Waals surface area (Å²) in [6.45, 7) is 22.3. The smallest absolute Gasteiger partial charge is 0.218 e. The van der Waals surface area contributed by atoms with E-state index in [4.69, 9.17) is 0 Å². The third-order valence-corrected chi connectivity index (χ3v) is 9.57. The predicted octanol–water partition coefficient (Wildman–Crippen LogP) is 9.64. The van der Waals surface area contributed by atoms with Gasteiger partial charge in [-0.3, -0.25) is 4.79 Å². The van der Waals surface area contributed by atoms with Crippen molar-refractivity contribution in [2.45, 2.75) is 101 Å². The molecule has 0 fully saturated rings. The van der Waals surface area contributed by atoms with E-state index in [1.54, 1.807) is 0 Å². The zero-order valence-corrected chi connectivity index (χ0v) is 26.7. The van der Waals surface area contributed by atoms with Crippen LogP contribution in [0.2, 0.25) is 0 Å². The van der Waals surface area contributed by atoms with Crippen molar-refractivity contribution in [3.8, 4) is 0 Å². The molecule has 0 saturated heterocycles. The lowest BCUT2D eigenvalue weighted by Gasteiger charge is -2.29. The Morgan fingerprint density at radius 1 is 0.895 bits per heavy atom. The van der Waals surface area contributed by atoms with Crippen LogP contribution in [0.15, 0.2) is 62.6 Å². The molecule has 0 aromatic carbocycles. The van der Waals surface area contributed by atoms with Gasteiger partial charge in [0.1, 0.15) is 0 Å². The van der Waals surface area contributed by atoms with E-state index < -0.39 is 0 Å². The zero-order chi connectivity index (χ0) is 28.4. The minimum Gasteiger partial charge on any atom is -0.871 e. The molecule has 0 radical (unpaired) electrons. The molecule has 2 aliphatic rings. The highest BCUT2D eigenvalue weighted by Gasteiger charge is 2.27. The van der Waals surface area contributed by atoms with Gasteiger partial charge < -0.3 is 5.11 Å². The number of Topliss-reactive ketones (excluding diaryl/α,β-unsaturated/α-hetero) is 1. The Bertz CT molecular complexity index is 1220. The van der Waals surface area contributed by atoms with E-state index in [0.717, 1.165) is 36.8 Å². The molecule has 1 aliphatic carbocycles. The van der Waals surface area contributed by atoms with Gasteiger partial charge in [0.25, 0.3) is 0 Å². The first-order valence-electron chi connectivity index (χ1n) is 14.0. The molecule has 38 heavy (non-hydrogen) atoms. The fourth-order valence-corrected chi connectivity index (χ4v) is 6.48. The van der Waals surface area contributed by atoms with E-state index in [1.807, 2.05) is 35.3 Å². The van der Waals surface area contributed by atoms with Crippen molar-refractivity contribution in [1.29, 1.82) is 0 Å². The van der Waals surface area contributed by atoms with Crippen LogP contribution in [0.4, 0.5) is 0 Å². The molecule has 3 rings (SSSR count). The lowest BCUT2D eigenvalue weighted by molar-refractivity contribution is -0.300. The summed E-state index contributed by atoms with van der Waals surface area (Å²) in [7, 11) is 0. The summed E-state index contributed by atoms with van der Waals surface area (Å²) in [6.07, 6.45) is 12.1. The first-order chi connectivity index (χ1) is 17.5. The second-order valence-corrected chi connectivity index (χ2v) is 16.1. The van der Waals surface area contributed by atoms with Crippen LogP contribution < -0.4 is 5.11 Å². The highest BCUT2D eigenvalue weighted by Crippen LogP contribution is 2.42. The van der Waals surface area contributed by atoms with Crippen LogP contribution >= 0.6 is 23.1 Å². The van der Waals surface area contributed by atoms with E-state index >= 15 is 0 Å². The van der Waals surface area contributed by atoms with Crippen LogP contribution in [0.3, 0.4) is 0 Å². The normalized spacial score (nSPS) is 19.0. The molecule has 0 bridgehead atoms. The third-order valence-electron chi connectivity index (χ3n) is 6.75. The molecule has 4 heteroatoms. The van der Waals surface area contributed by atoms with Gasteiger partial charge in [0.05, 0.1) is 0 Å². The Morgan fingerprint density at radius 3 is 2.08 bits per heavy atom. The molecule has 2 heterocycles. The Hall–Kier alpha value is -1.91. The lowest BCUT2D eigenvalue weighted by Crippen LogP contribution is -2.29. The summed E-state index contributed by atoms with van der Waals surface area (Å²) in [4.78, 5) is 18.3. The first-order valence-corrected chi connectivity index (χ1v) is 15.6. The van der Waals surface area contributed by atoms with Gasteiger partial charge in [0.2, 0.25) is 21.1 Å². The number of hydrogen-bond donors (Lipinski definition) is 0. The summed E-state index contributed by atoms with van der Waals surface area (Å²) >= 11 is 3.69. The molecule has 0 saturated carbocycles. The molecule has 0 unspecified atom stereocenters. The number of aryl methyl sites for hydroxylation is 1. The van der Waals surface area contributed by atoms with Crippen molar-refractivity contribution in [1.82, 2.24) is 0 Å². The van der Waals surface area contributed by atoms with Crippen LogP contribution in [-0.2, 0) is 11.2 Å². The average Bonchev–Trinajstić information content (AvgIpc) is 2.82. The molecular weight excluding hydrogens is 505 g/mol. The molecule has 206 valence electrons. The molecular formula is C34H46O2S2. The van der Waals surface area contributed by atoms with Gasteiger partial charge >= 0.3 is 0 Å². The summed E-state index contributed by atoms with van der Waals surface area (Å²) in [5.74, 6) is 0.521. The Kier molecular flexibility index (Phi) is 9.74. The third kappa shape index (κ3) is 8.55. The average molecular weight is 551 g/mol. The number of allylic oxidation sites excluding steroid dienone is 8. The second kappa shape index (κ2) is 12.1. The maximum atomic E-state index is 13.2. The van der Waals surface area contributed by atoms with Gasteiger partial charge in [-0.15, -0.1) is 0 Å². The number of hydrogen-bond acceptors (Lipinski definition) is 3.